The Morgan fingerprint density at radius 3 is 2.85 bits per heavy atom. The molecule has 1 aromatic heterocycles. The number of para-hydroxylation sites is 2. The van der Waals surface area contributed by atoms with Gasteiger partial charge >= 0.3 is 0 Å². The minimum atomic E-state index is -0.453. The molecule has 0 saturated carbocycles. The molecule has 1 atom stereocenters. The van der Waals surface area contributed by atoms with Crippen molar-refractivity contribution in [3.8, 4) is 0 Å². The molecular formula is C20H18BrFN4O. The molecule has 1 N–H and O–H groups in total. The van der Waals surface area contributed by atoms with E-state index in [0.29, 0.717) is 11.0 Å². The zero-order chi connectivity index (χ0) is 18.8. The molecule has 0 spiro atoms. The van der Waals surface area contributed by atoms with Crippen LogP contribution in [0.25, 0.3) is 11.0 Å². The van der Waals surface area contributed by atoms with Crippen LogP contribution < -0.4 is 10.2 Å². The fourth-order valence-electron chi connectivity index (χ4n) is 3.32. The predicted molar refractivity (Wildman–Crippen MR) is 107 cm³/mol. The summed E-state index contributed by atoms with van der Waals surface area (Å²) in [4.78, 5) is 23.8. The summed E-state index contributed by atoms with van der Waals surface area (Å²) in [6, 6.07) is 12.3. The fourth-order valence-corrected chi connectivity index (χ4v) is 3.66. The largest absolute Gasteiger partial charge is 0.355 e. The highest BCUT2D eigenvalue weighted by Crippen LogP contribution is 2.25. The number of nitrogens with one attached hydrogen (secondary N) is 1. The number of nitrogens with zero attached hydrogens (tertiary/aromatic N) is 3. The van der Waals surface area contributed by atoms with Crippen molar-refractivity contribution >= 4 is 44.4 Å². The summed E-state index contributed by atoms with van der Waals surface area (Å²) in [5.74, 6) is -0.0865. The standard InChI is InChI=1S/C20H18BrFN4O/c21-14-7-8-16(15(22)10-14)25-20(27)13-4-3-9-26(12-13)19-11-23-17-5-1-2-6-18(17)24-19/h1-2,5-8,10-11,13H,3-4,9,12H2,(H,25,27)/t13-/m0/s1. The van der Waals surface area contributed by atoms with Gasteiger partial charge in [-0.15, -0.1) is 0 Å². The van der Waals surface area contributed by atoms with Crippen LogP contribution in [0.3, 0.4) is 0 Å². The van der Waals surface area contributed by atoms with Crippen LogP contribution in [0, 0.1) is 11.7 Å². The summed E-state index contributed by atoms with van der Waals surface area (Å²) < 4.78 is 14.6. The van der Waals surface area contributed by atoms with Crippen molar-refractivity contribution in [2.24, 2.45) is 5.92 Å². The molecule has 0 bridgehead atoms. The van der Waals surface area contributed by atoms with E-state index in [4.69, 9.17) is 0 Å². The number of benzene rings is 2. The van der Waals surface area contributed by atoms with Crippen molar-refractivity contribution in [3.63, 3.8) is 0 Å². The molecule has 4 rings (SSSR count). The quantitative estimate of drug-likeness (QED) is 0.671. The molecular weight excluding hydrogens is 411 g/mol. The summed E-state index contributed by atoms with van der Waals surface area (Å²) >= 11 is 3.22. The van der Waals surface area contributed by atoms with Crippen molar-refractivity contribution in [2.45, 2.75) is 12.8 Å². The van der Waals surface area contributed by atoms with Crippen molar-refractivity contribution in [3.05, 3.63) is 59.0 Å². The van der Waals surface area contributed by atoms with E-state index in [1.165, 1.54) is 6.07 Å². The maximum atomic E-state index is 14.0. The van der Waals surface area contributed by atoms with Crippen molar-refractivity contribution in [2.75, 3.05) is 23.3 Å². The van der Waals surface area contributed by atoms with Crippen LogP contribution >= 0.6 is 15.9 Å². The molecule has 1 amide bonds. The molecule has 1 saturated heterocycles. The number of piperidine rings is 1. The maximum absolute atomic E-state index is 14.0. The Morgan fingerprint density at radius 2 is 2.04 bits per heavy atom. The maximum Gasteiger partial charge on any atom is 0.229 e. The first kappa shape index (κ1) is 17.9. The van der Waals surface area contributed by atoms with Crippen LogP contribution in [0.15, 0.2) is 53.1 Å². The number of carbonyl (C=O) groups excluding carboxylic acids is 1. The number of fused-ring (bicyclic) bond motifs is 1. The van der Waals surface area contributed by atoms with Gasteiger partial charge in [-0.1, -0.05) is 28.1 Å². The molecule has 5 nitrogen and oxygen atoms in total. The molecule has 2 heterocycles. The Kier molecular flexibility index (Phi) is 5.03. The van der Waals surface area contributed by atoms with Crippen LogP contribution in [0.5, 0.6) is 0 Å². The van der Waals surface area contributed by atoms with E-state index in [1.807, 2.05) is 24.3 Å². The zero-order valence-corrected chi connectivity index (χ0v) is 16.1. The van der Waals surface area contributed by atoms with Crippen molar-refractivity contribution < 1.29 is 9.18 Å². The monoisotopic (exact) mass is 428 g/mol. The highest BCUT2D eigenvalue weighted by molar-refractivity contribution is 9.10. The van der Waals surface area contributed by atoms with Gasteiger partial charge in [0.15, 0.2) is 0 Å². The normalized spacial score (nSPS) is 17.1. The predicted octanol–water partition coefficient (Wildman–Crippen LogP) is 4.39. The fraction of sp³-hybridized carbons (Fsp3) is 0.250. The van der Waals surface area contributed by atoms with Gasteiger partial charge in [-0.2, -0.15) is 0 Å². The Labute approximate surface area is 164 Å². The molecule has 1 aliphatic rings. The van der Waals surface area contributed by atoms with E-state index in [9.17, 15) is 9.18 Å². The lowest BCUT2D eigenvalue weighted by atomic mass is 9.97. The van der Waals surface area contributed by atoms with Crippen molar-refractivity contribution in [1.29, 1.82) is 0 Å². The third-order valence-electron chi connectivity index (χ3n) is 4.74. The highest BCUT2D eigenvalue weighted by atomic mass is 79.9. The summed E-state index contributed by atoms with van der Waals surface area (Å²) in [5, 5.41) is 2.71. The number of amides is 1. The summed E-state index contributed by atoms with van der Waals surface area (Å²) in [6.45, 7) is 1.36. The summed E-state index contributed by atoms with van der Waals surface area (Å²) in [7, 11) is 0. The molecule has 0 radical (unpaired) electrons. The van der Waals surface area contributed by atoms with Crippen LogP contribution in [0.2, 0.25) is 0 Å². The Bertz CT molecular complexity index is 997. The van der Waals surface area contributed by atoms with Gasteiger partial charge in [0.25, 0.3) is 0 Å². The van der Waals surface area contributed by atoms with Crippen LogP contribution in [0.4, 0.5) is 15.9 Å². The van der Waals surface area contributed by atoms with Crippen LogP contribution in [-0.2, 0) is 4.79 Å². The van der Waals surface area contributed by atoms with E-state index < -0.39 is 5.82 Å². The molecule has 138 valence electrons. The molecule has 3 aromatic rings. The molecule has 2 aromatic carbocycles. The molecule has 7 heteroatoms. The number of aromatic nitrogens is 2. The molecule has 1 aliphatic heterocycles. The number of rotatable bonds is 3. The van der Waals surface area contributed by atoms with E-state index in [-0.39, 0.29) is 17.5 Å². The first-order valence-electron chi connectivity index (χ1n) is 8.83. The van der Waals surface area contributed by atoms with Gasteiger partial charge in [-0.3, -0.25) is 9.78 Å². The molecule has 27 heavy (non-hydrogen) atoms. The van der Waals surface area contributed by atoms with Gasteiger partial charge in [0.2, 0.25) is 5.91 Å². The molecule has 0 aliphatic carbocycles. The van der Waals surface area contributed by atoms with Gasteiger partial charge in [0.1, 0.15) is 11.6 Å². The lowest BCUT2D eigenvalue weighted by Crippen LogP contribution is -2.41. The number of anilines is 2. The second-order valence-corrected chi connectivity index (χ2v) is 7.53. The number of hydrogen-bond donors (Lipinski definition) is 1. The lowest BCUT2D eigenvalue weighted by Gasteiger charge is -2.32. The molecule has 1 fully saturated rings. The zero-order valence-electron chi connectivity index (χ0n) is 14.5. The van der Waals surface area contributed by atoms with Crippen LogP contribution in [-0.4, -0.2) is 29.0 Å². The summed E-state index contributed by atoms with van der Waals surface area (Å²) in [5.41, 5.74) is 1.88. The van der Waals surface area contributed by atoms with E-state index in [1.54, 1.807) is 18.3 Å². The van der Waals surface area contributed by atoms with Gasteiger partial charge in [0.05, 0.1) is 28.8 Å². The van der Waals surface area contributed by atoms with Crippen LogP contribution in [0.1, 0.15) is 12.8 Å². The van der Waals surface area contributed by atoms with Gasteiger partial charge in [0, 0.05) is 17.6 Å². The highest BCUT2D eigenvalue weighted by Gasteiger charge is 2.27. The minimum Gasteiger partial charge on any atom is -0.355 e. The van der Waals surface area contributed by atoms with Crippen molar-refractivity contribution in [1.82, 2.24) is 9.97 Å². The first-order chi connectivity index (χ1) is 13.1. The third-order valence-corrected chi connectivity index (χ3v) is 5.23. The molecule has 0 unspecified atom stereocenters. The van der Waals surface area contributed by atoms with Gasteiger partial charge in [-0.05, 0) is 43.2 Å². The average molecular weight is 429 g/mol. The smallest absolute Gasteiger partial charge is 0.229 e. The summed E-state index contributed by atoms with van der Waals surface area (Å²) in [6.07, 6.45) is 3.38. The lowest BCUT2D eigenvalue weighted by molar-refractivity contribution is -0.120. The average Bonchev–Trinajstić information content (AvgIpc) is 2.70. The number of halogens is 2. The third kappa shape index (κ3) is 3.93. The Morgan fingerprint density at radius 1 is 1.22 bits per heavy atom. The Balaban J connectivity index is 1.49. The number of hydrogen-bond acceptors (Lipinski definition) is 4. The van der Waals surface area contributed by atoms with E-state index >= 15 is 0 Å². The Hall–Kier alpha value is -2.54. The SMILES string of the molecule is O=C(Nc1ccc(Br)cc1F)[C@H]1CCCN(c2cnc3ccccc3n2)C1. The second-order valence-electron chi connectivity index (χ2n) is 6.62. The van der Waals surface area contributed by atoms with E-state index in [2.05, 4.69) is 36.1 Å². The second kappa shape index (κ2) is 7.60. The first-order valence-corrected chi connectivity index (χ1v) is 9.62. The topological polar surface area (TPSA) is 58.1 Å². The van der Waals surface area contributed by atoms with E-state index in [0.717, 1.165) is 36.2 Å². The minimum absolute atomic E-state index is 0.172. The number of carbonyl (C=O) groups is 1. The van der Waals surface area contributed by atoms with Gasteiger partial charge in [-0.25, -0.2) is 9.37 Å². The van der Waals surface area contributed by atoms with Gasteiger partial charge < -0.3 is 10.2 Å².